The third-order valence-corrected chi connectivity index (χ3v) is 2.95. The number of hydroxylamine groups is 1. The molecule has 22 heavy (non-hydrogen) atoms. The predicted molar refractivity (Wildman–Crippen MR) is 81.9 cm³/mol. The lowest BCUT2D eigenvalue weighted by Crippen LogP contribution is -2.21. The Morgan fingerprint density at radius 2 is 1.36 bits per heavy atom. The van der Waals surface area contributed by atoms with Crippen molar-refractivity contribution in [2.45, 2.75) is 0 Å². The number of ether oxygens (including phenoxy) is 1. The zero-order chi connectivity index (χ0) is 15.9. The molecule has 2 aromatic carbocycles. The first-order chi connectivity index (χ1) is 10.6. The van der Waals surface area contributed by atoms with Crippen LogP contribution in [-0.4, -0.2) is 26.0 Å². The van der Waals surface area contributed by atoms with Crippen molar-refractivity contribution in [2.24, 2.45) is 0 Å². The summed E-state index contributed by atoms with van der Waals surface area (Å²) in [5.74, 6) is 0.0948. The van der Waals surface area contributed by atoms with E-state index in [0.29, 0.717) is 22.6 Å². The number of amides is 2. The molecule has 0 atom stereocenters. The van der Waals surface area contributed by atoms with Crippen molar-refractivity contribution in [3.63, 3.8) is 0 Å². The molecule has 2 N–H and O–H groups in total. The summed E-state index contributed by atoms with van der Waals surface area (Å²) in [6, 6.07) is 13.3. The van der Waals surface area contributed by atoms with E-state index in [0.717, 1.165) is 0 Å². The minimum Gasteiger partial charge on any atom is -0.497 e. The van der Waals surface area contributed by atoms with Crippen LogP contribution in [-0.2, 0) is 4.84 Å². The van der Waals surface area contributed by atoms with E-state index in [1.807, 2.05) is 0 Å². The molecule has 114 valence electrons. The van der Waals surface area contributed by atoms with E-state index in [-0.39, 0.29) is 11.8 Å². The second-order valence-electron chi connectivity index (χ2n) is 4.40. The number of carbonyl (C=O) groups excluding carboxylic acids is 2. The number of rotatable bonds is 5. The van der Waals surface area contributed by atoms with E-state index < -0.39 is 0 Å². The minimum absolute atomic E-state index is 0.239. The van der Waals surface area contributed by atoms with Crippen molar-refractivity contribution < 1.29 is 19.2 Å². The fraction of sp³-hybridized carbons (Fsp3) is 0.125. The van der Waals surface area contributed by atoms with Gasteiger partial charge >= 0.3 is 0 Å². The van der Waals surface area contributed by atoms with E-state index in [2.05, 4.69) is 15.6 Å². The molecule has 0 radical (unpaired) electrons. The van der Waals surface area contributed by atoms with E-state index in [9.17, 15) is 9.59 Å². The van der Waals surface area contributed by atoms with Gasteiger partial charge in [-0.3, -0.25) is 14.4 Å². The smallest absolute Gasteiger partial charge is 0.274 e. The monoisotopic (exact) mass is 300 g/mol. The van der Waals surface area contributed by atoms with Crippen LogP contribution in [0.1, 0.15) is 20.7 Å². The first kappa shape index (κ1) is 15.5. The maximum atomic E-state index is 12.1. The van der Waals surface area contributed by atoms with E-state index in [4.69, 9.17) is 4.74 Å². The summed E-state index contributed by atoms with van der Waals surface area (Å²) in [7, 11) is 2.93. The topological polar surface area (TPSA) is 76.7 Å². The molecule has 2 aromatic rings. The van der Waals surface area contributed by atoms with Crippen molar-refractivity contribution in [2.75, 3.05) is 19.5 Å². The number of hydrogen-bond acceptors (Lipinski definition) is 4. The van der Waals surface area contributed by atoms with E-state index in [1.54, 1.807) is 55.6 Å². The number of anilines is 1. The summed E-state index contributed by atoms with van der Waals surface area (Å²) >= 11 is 0. The molecule has 0 heterocycles. The lowest BCUT2D eigenvalue weighted by Gasteiger charge is -2.07. The SMILES string of the molecule is CONC(=O)c1ccc(NC(=O)c2ccc(OC)cc2)cc1. The molecule has 0 aliphatic rings. The van der Waals surface area contributed by atoms with Crippen LogP contribution in [0.4, 0.5) is 5.69 Å². The zero-order valence-corrected chi connectivity index (χ0v) is 12.3. The number of nitrogens with one attached hydrogen (secondary N) is 2. The van der Waals surface area contributed by atoms with Crippen LogP contribution < -0.4 is 15.5 Å². The van der Waals surface area contributed by atoms with Crippen molar-refractivity contribution in [3.8, 4) is 5.75 Å². The first-order valence-electron chi connectivity index (χ1n) is 6.53. The molecule has 0 aromatic heterocycles. The average molecular weight is 300 g/mol. The largest absolute Gasteiger partial charge is 0.497 e. The lowest BCUT2D eigenvalue weighted by molar-refractivity contribution is 0.0537. The molecule has 0 unspecified atom stereocenters. The van der Waals surface area contributed by atoms with Gasteiger partial charge in [0.15, 0.2) is 0 Å². The Balaban J connectivity index is 2.03. The quantitative estimate of drug-likeness (QED) is 0.830. The number of carbonyl (C=O) groups is 2. The highest BCUT2D eigenvalue weighted by atomic mass is 16.6. The standard InChI is InChI=1S/C16H16N2O4/c1-21-14-9-5-11(6-10-14)15(19)17-13-7-3-12(4-8-13)16(20)18-22-2/h3-10H,1-2H3,(H,17,19)(H,18,20). The number of benzene rings is 2. The van der Waals surface area contributed by atoms with Gasteiger partial charge in [-0.1, -0.05) is 0 Å². The van der Waals surface area contributed by atoms with E-state index in [1.165, 1.54) is 7.11 Å². The van der Waals surface area contributed by atoms with Gasteiger partial charge in [0.05, 0.1) is 14.2 Å². The second kappa shape index (κ2) is 7.24. The molecule has 0 spiro atoms. The molecule has 2 rings (SSSR count). The second-order valence-corrected chi connectivity index (χ2v) is 4.40. The third-order valence-electron chi connectivity index (χ3n) is 2.95. The molecular formula is C16H16N2O4. The Morgan fingerprint density at radius 3 is 1.91 bits per heavy atom. The van der Waals surface area contributed by atoms with Crippen molar-refractivity contribution >= 4 is 17.5 Å². The van der Waals surface area contributed by atoms with Gasteiger partial charge in [-0.25, -0.2) is 5.48 Å². The van der Waals surface area contributed by atoms with Gasteiger partial charge in [-0.2, -0.15) is 0 Å². The van der Waals surface area contributed by atoms with Gasteiger partial charge < -0.3 is 10.1 Å². The highest BCUT2D eigenvalue weighted by molar-refractivity contribution is 6.04. The van der Waals surface area contributed by atoms with Gasteiger partial charge in [0.25, 0.3) is 11.8 Å². The maximum absolute atomic E-state index is 12.1. The summed E-state index contributed by atoms with van der Waals surface area (Å²) in [5.41, 5.74) is 3.76. The maximum Gasteiger partial charge on any atom is 0.274 e. The Bertz CT molecular complexity index is 651. The van der Waals surface area contributed by atoms with Crippen LogP contribution in [0.3, 0.4) is 0 Å². The van der Waals surface area contributed by atoms with Gasteiger partial charge in [-0.15, -0.1) is 0 Å². The fourth-order valence-electron chi connectivity index (χ4n) is 1.80. The lowest BCUT2D eigenvalue weighted by atomic mass is 10.1. The van der Waals surface area contributed by atoms with Crippen LogP contribution in [0.25, 0.3) is 0 Å². The molecule has 6 nitrogen and oxygen atoms in total. The molecule has 2 amide bonds. The summed E-state index contributed by atoms with van der Waals surface area (Å²) < 4.78 is 5.04. The Hall–Kier alpha value is -2.86. The van der Waals surface area contributed by atoms with Crippen LogP contribution in [0.2, 0.25) is 0 Å². The molecule has 6 heteroatoms. The Labute approximate surface area is 128 Å². The number of methoxy groups -OCH3 is 1. The Kier molecular flexibility index (Phi) is 5.11. The van der Waals surface area contributed by atoms with Crippen LogP contribution in [0.15, 0.2) is 48.5 Å². The number of hydrogen-bond donors (Lipinski definition) is 2. The van der Waals surface area contributed by atoms with Gasteiger partial charge in [0.1, 0.15) is 5.75 Å². The molecule has 0 bridgehead atoms. The molecule has 0 saturated carbocycles. The first-order valence-corrected chi connectivity index (χ1v) is 6.53. The predicted octanol–water partition coefficient (Wildman–Crippen LogP) is 2.24. The molecule has 0 aliphatic heterocycles. The molecular weight excluding hydrogens is 284 g/mol. The van der Waals surface area contributed by atoms with Crippen LogP contribution in [0.5, 0.6) is 5.75 Å². The molecule has 0 aliphatic carbocycles. The summed E-state index contributed by atoms with van der Waals surface area (Å²) in [5, 5.41) is 2.75. The summed E-state index contributed by atoms with van der Waals surface area (Å²) in [6.07, 6.45) is 0. The third kappa shape index (κ3) is 3.83. The van der Waals surface area contributed by atoms with Crippen LogP contribution in [0, 0.1) is 0 Å². The van der Waals surface area contributed by atoms with Crippen molar-refractivity contribution in [3.05, 3.63) is 59.7 Å². The van der Waals surface area contributed by atoms with Crippen molar-refractivity contribution in [1.29, 1.82) is 0 Å². The van der Waals surface area contributed by atoms with Gasteiger partial charge in [0.2, 0.25) is 0 Å². The summed E-state index contributed by atoms with van der Waals surface area (Å²) in [4.78, 5) is 28.2. The fourth-order valence-corrected chi connectivity index (χ4v) is 1.80. The molecule has 0 saturated heterocycles. The zero-order valence-electron chi connectivity index (χ0n) is 12.3. The Morgan fingerprint density at radius 1 is 0.818 bits per heavy atom. The average Bonchev–Trinajstić information content (AvgIpc) is 2.55. The summed E-state index contributed by atoms with van der Waals surface area (Å²) in [6.45, 7) is 0. The normalized spacial score (nSPS) is 9.91. The van der Waals surface area contributed by atoms with E-state index >= 15 is 0 Å². The van der Waals surface area contributed by atoms with Crippen LogP contribution >= 0.6 is 0 Å². The van der Waals surface area contributed by atoms with Crippen molar-refractivity contribution in [1.82, 2.24) is 5.48 Å². The van der Waals surface area contributed by atoms with Gasteiger partial charge in [0, 0.05) is 16.8 Å². The highest BCUT2D eigenvalue weighted by Crippen LogP contribution is 2.14. The molecule has 0 fully saturated rings. The van der Waals surface area contributed by atoms with Gasteiger partial charge in [-0.05, 0) is 48.5 Å². The minimum atomic E-state index is -0.351. The highest BCUT2D eigenvalue weighted by Gasteiger charge is 2.08.